The van der Waals surface area contributed by atoms with Crippen LogP contribution in [0, 0.1) is 6.92 Å². The number of aromatic nitrogens is 3. The number of methoxy groups -OCH3 is 1. The summed E-state index contributed by atoms with van der Waals surface area (Å²) in [7, 11) is 1.33. The van der Waals surface area contributed by atoms with Gasteiger partial charge >= 0.3 is 5.97 Å². The number of esters is 1. The number of rotatable bonds is 2. The first-order valence-electron chi connectivity index (χ1n) is 7.83. The van der Waals surface area contributed by atoms with E-state index in [0.717, 1.165) is 16.8 Å². The number of aryl methyl sites for hydroxylation is 1. The lowest BCUT2D eigenvalue weighted by molar-refractivity contribution is 0.0604. The maximum Gasteiger partial charge on any atom is 0.343 e. The van der Waals surface area contributed by atoms with Crippen LogP contribution >= 0.6 is 0 Å². The molecule has 0 bridgehead atoms. The van der Waals surface area contributed by atoms with Gasteiger partial charge in [-0.05, 0) is 30.7 Å². The molecule has 2 N–H and O–H groups in total. The van der Waals surface area contributed by atoms with Gasteiger partial charge in [0.1, 0.15) is 16.9 Å². The van der Waals surface area contributed by atoms with E-state index in [1.54, 1.807) is 4.57 Å². The van der Waals surface area contributed by atoms with Crippen LogP contribution in [-0.4, -0.2) is 27.6 Å². The quantitative estimate of drug-likeness (QED) is 0.570. The molecule has 0 saturated heterocycles. The number of carbonyl (C=O) groups is 1. The van der Waals surface area contributed by atoms with E-state index < -0.39 is 5.97 Å². The van der Waals surface area contributed by atoms with E-state index in [-0.39, 0.29) is 11.4 Å². The predicted octanol–water partition coefficient (Wildman–Crippen LogP) is 3.25. The Bertz CT molecular complexity index is 1130. The lowest BCUT2D eigenvalue weighted by Gasteiger charge is -2.10. The molecule has 6 nitrogen and oxygen atoms in total. The van der Waals surface area contributed by atoms with Crippen molar-refractivity contribution in [3.8, 4) is 5.69 Å². The Morgan fingerprint density at radius 2 is 1.68 bits per heavy atom. The molecule has 0 unspecified atom stereocenters. The van der Waals surface area contributed by atoms with Crippen LogP contribution in [0.1, 0.15) is 15.9 Å². The monoisotopic (exact) mass is 332 g/mol. The highest BCUT2D eigenvalue weighted by Gasteiger charge is 2.25. The SMILES string of the molecule is COC(=O)c1c(N)n(-c2ccccc2C)c2nc3ccccc3nc12. The highest BCUT2D eigenvalue weighted by atomic mass is 16.5. The molecule has 25 heavy (non-hydrogen) atoms. The Morgan fingerprint density at radius 1 is 1.04 bits per heavy atom. The Labute approximate surface area is 143 Å². The fraction of sp³-hybridized carbons (Fsp3) is 0.105. The molecule has 6 heteroatoms. The second kappa shape index (κ2) is 5.59. The number of hydrogen-bond acceptors (Lipinski definition) is 5. The van der Waals surface area contributed by atoms with Gasteiger partial charge in [0.2, 0.25) is 0 Å². The van der Waals surface area contributed by atoms with Crippen LogP contribution in [0.25, 0.3) is 27.9 Å². The fourth-order valence-corrected chi connectivity index (χ4v) is 3.02. The molecule has 4 aromatic rings. The van der Waals surface area contributed by atoms with E-state index in [9.17, 15) is 4.79 Å². The van der Waals surface area contributed by atoms with Gasteiger partial charge in [0.05, 0.1) is 23.8 Å². The van der Waals surface area contributed by atoms with Gasteiger partial charge < -0.3 is 10.5 Å². The zero-order valence-corrected chi connectivity index (χ0v) is 13.9. The van der Waals surface area contributed by atoms with Gasteiger partial charge in [-0.25, -0.2) is 14.8 Å². The van der Waals surface area contributed by atoms with Gasteiger partial charge in [-0.3, -0.25) is 4.57 Å². The number of anilines is 1. The largest absolute Gasteiger partial charge is 0.465 e. The molecule has 0 aliphatic carbocycles. The second-order valence-corrected chi connectivity index (χ2v) is 5.76. The van der Waals surface area contributed by atoms with E-state index in [2.05, 4.69) is 4.98 Å². The molecular weight excluding hydrogens is 316 g/mol. The molecule has 0 radical (unpaired) electrons. The van der Waals surface area contributed by atoms with E-state index in [1.165, 1.54) is 7.11 Å². The van der Waals surface area contributed by atoms with Crippen molar-refractivity contribution in [3.05, 3.63) is 59.7 Å². The summed E-state index contributed by atoms with van der Waals surface area (Å²) in [4.78, 5) is 21.7. The summed E-state index contributed by atoms with van der Waals surface area (Å²) in [5, 5.41) is 0. The molecule has 0 fully saturated rings. The van der Waals surface area contributed by atoms with Crippen molar-refractivity contribution in [1.29, 1.82) is 0 Å². The summed E-state index contributed by atoms with van der Waals surface area (Å²) < 4.78 is 6.68. The molecule has 0 amide bonds. The summed E-state index contributed by atoms with van der Waals surface area (Å²) >= 11 is 0. The molecular formula is C19H16N4O2. The maximum atomic E-state index is 12.3. The Morgan fingerprint density at radius 3 is 2.36 bits per heavy atom. The van der Waals surface area contributed by atoms with Crippen molar-refractivity contribution in [2.24, 2.45) is 0 Å². The number of carbonyl (C=O) groups excluding carboxylic acids is 1. The van der Waals surface area contributed by atoms with Crippen LogP contribution < -0.4 is 5.73 Å². The summed E-state index contributed by atoms with van der Waals surface area (Å²) in [6.07, 6.45) is 0. The van der Waals surface area contributed by atoms with E-state index in [4.69, 9.17) is 15.5 Å². The van der Waals surface area contributed by atoms with Gasteiger partial charge in [0.25, 0.3) is 0 Å². The maximum absolute atomic E-state index is 12.3. The summed E-state index contributed by atoms with van der Waals surface area (Å²) in [5.41, 5.74) is 10.8. The Balaban J connectivity index is 2.18. The number of nitrogen functional groups attached to an aromatic ring is 1. The number of benzene rings is 2. The number of ether oxygens (including phenoxy) is 1. The highest BCUT2D eigenvalue weighted by Crippen LogP contribution is 2.32. The number of para-hydroxylation sites is 3. The van der Waals surface area contributed by atoms with E-state index >= 15 is 0 Å². The molecule has 0 aliphatic heterocycles. The van der Waals surface area contributed by atoms with Gasteiger partial charge in [-0.2, -0.15) is 0 Å². The van der Waals surface area contributed by atoms with Crippen LogP contribution in [0.2, 0.25) is 0 Å². The minimum absolute atomic E-state index is 0.235. The zero-order chi connectivity index (χ0) is 17.6. The minimum Gasteiger partial charge on any atom is -0.465 e. The first-order chi connectivity index (χ1) is 12.1. The van der Waals surface area contributed by atoms with Crippen molar-refractivity contribution < 1.29 is 9.53 Å². The van der Waals surface area contributed by atoms with Gasteiger partial charge in [0, 0.05) is 0 Å². The van der Waals surface area contributed by atoms with Crippen LogP contribution in [0.15, 0.2) is 48.5 Å². The van der Waals surface area contributed by atoms with E-state index in [1.807, 2.05) is 55.5 Å². The number of fused-ring (bicyclic) bond motifs is 2. The fourth-order valence-electron chi connectivity index (χ4n) is 3.02. The third-order valence-electron chi connectivity index (χ3n) is 4.24. The van der Waals surface area contributed by atoms with Crippen molar-refractivity contribution in [1.82, 2.24) is 14.5 Å². The first kappa shape index (κ1) is 15.1. The first-order valence-corrected chi connectivity index (χ1v) is 7.83. The minimum atomic E-state index is -0.528. The van der Waals surface area contributed by atoms with Crippen LogP contribution in [0.5, 0.6) is 0 Å². The summed E-state index contributed by atoms with van der Waals surface area (Å²) in [6.45, 7) is 1.98. The molecule has 0 spiro atoms. The number of nitrogens with two attached hydrogens (primary N) is 1. The smallest absolute Gasteiger partial charge is 0.343 e. The van der Waals surface area contributed by atoms with Crippen molar-refractivity contribution in [2.45, 2.75) is 6.92 Å². The molecule has 0 aliphatic rings. The summed E-state index contributed by atoms with van der Waals surface area (Å²) in [5.74, 6) is -0.258. The Hall–Kier alpha value is -3.41. The van der Waals surface area contributed by atoms with Crippen LogP contribution in [-0.2, 0) is 4.74 Å². The third kappa shape index (κ3) is 2.22. The van der Waals surface area contributed by atoms with Gasteiger partial charge in [-0.1, -0.05) is 30.3 Å². The normalized spacial score (nSPS) is 11.1. The molecule has 4 rings (SSSR count). The van der Waals surface area contributed by atoms with Crippen molar-refractivity contribution in [2.75, 3.05) is 12.8 Å². The average Bonchev–Trinajstić information content (AvgIpc) is 2.90. The van der Waals surface area contributed by atoms with Crippen LogP contribution in [0.4, 0.5) is 5.82 Å². The topological polar surface area (TPSA) is 83.0 Å². The zero-order valence-electron chi connectivity index (χ0n) is 13.9. The van der Waals surface area contributed by atoms with E-state index in [0.29, 0.717) is 16.7 Å². The molecule has 2 aromatic carbocycles. The standard InChI is InChI=1S/C19H16N4O2/c1-11-7-3-6-10-14(11)23-17(20)15(19(24)25-2)16-18(23)22-13-9-5-4-8-12(13)21-16/h3-10H,20H2,1-2H3. The molecule has 2 heterocycles. The lowest BCUT2D eigenvalue weighted by Crippen LogP contribution is -2.07. The number of nitrogens with zero attached hydrogens (tertiary/aromatic N) is 3. The molecule has 0 saturated carbocycles. The summed E-state index contributed by atoms with van der Waals surface area (Å²) in [6, 6.07) is 15.3. The number of hydrogen-bond donors (Lipinski definition) is 1. The molecule has 2 aromatic heterocycles. The van der Waals surface area contributed by atoms with Crippen molar-refractivity contribution in [3.63, 3.8) is 0 Å². The molecule has 124 valence electrons. The van der Waals surface area contributed by atoms with Crippen LogP contribution in [0.3, 0.4) is 0 Å². The van der Waals surface area contributed by atoms with Gasteiger partial charge in [0.15, 0.2) is 5.65 Å². The molecule has 0 atom stereocenters. The second-order valence-electron chi connectivity index (χ2n) is 5.76. The third-order valence-corrected chi connectivity index (χ3v) is 4.24. The van der Waals surface area contributed by atoms with Gasteiger partial charge in [-0.15, -0.1) is 0 Å². The lowest BCUT2D eigenvalue weighted by atomic mass is 10.2. The average molecular weight is 332 g/mol. The van der Waals surface area contributed by atoms with Crippen molar-refractivity contribution >= 4 is 34.0 Å². The highest BCUT2D eigenvalue weighted by molar-refractivity contribution is 6.09. The predicted molar refractivity (Wildman–Crippen MR) is 96.9 cm³/mol. The Kier molecular flexibility index (Phi) is 3.39.